The molecule has 0 saturated carbocycles. The van der Waals surface area contributed by atoms with Gasteiger partial charge in [0, 0.05) is 23.1 Å². The number of amides is 1. The minimum absolute atomic E-state index is 0.0364. The van der Waals surface area contributed by atoms with Crippen molar-refractivity contribution in [1.29, 1.82) is 0 Å². The topological polar surface area (TPSA) is 20.3 Å². The number of carbonyl (C=O) groups excluding carboxylic acids is 1. The molecular weight excluding hydrogens is 311 g/mol. The van der Waals surface area contributed by atoms with Gasteiger partial charge < -0.3 is 4.90 Å². The molecule has 0 N–H and O–H groups in total. The van der Waals surface area contributed by atoms with Crippen LogP contribution in [-0.4, -0.2) is 18.6 Å². The molecule has 1 aliphatic heterocycles. The third-order valence-corrected chi connectivity index (χ3v) is 3.55. The second-order valence-corrected chi connectivity index (χ2v) is 5.17. The van der Waals surface area contributed by atoms with Gasteiger partial charge in [-0.3, -0.25) is 4.79 Å². The lowest BCUT2D eigenvalue weighted by Crippen LogP contribution is -2.43. The van der Waals surface area contributed by atoms with E-state index in [2.05, 4.69) is 15.9 Å². The Morgan fingerprint density at radius 3 is 2.33 bits per heavy atom. The Balaban J connectivity index is 2.10. The number of hydrogen-bond donors (Lipinski definition) is 0. The lowest BCUT2D eigenvalue weighted by atomic mass is 9.95. The molecule has 1 atom stereocenters. The van der Waals surface area contributed by atoms with Gasteiger partial charge >= 0.3 is 6.18 Å². The fourth-order valence-electron chi connectivity index (χ4n) is 2.01. The van der Waals surface area contributed by atoms with Crippen LogP contribution in [0.2, 0.25) is 0 Å². The number of anilines is 1. The monoisotopic (exact) mass is 321 g/mol. The Labute approximate surface area is 111 Å². The van der Waals surface area contributed by atoms with Gasteiger partial charge in [-0.2, -0.15) is 13.2 Å². The lowest BCUT2D eigenvalue weighted by Gasteiger charge is -2.32. The van der Waals surface area contributed by atoms with E-state index in [0.717, 1.165) is 4.47 Å². The Kier molecular flexibility index (Phi) is 3.66. The number of rotatable bonds is 1. The summed E-state index contributed by atoms with van der Waals surface area (Å²) in [7, 11) is 0. The van der Waals surface area contributed by atoms with Crippen LogP contribution in [0.25, 0.3) is 0 Å². The summed E-state index contributed by atoms with van der Waals surface area (Å²) in [6, 6.07) is 6.96. The second-order valence-electron chi connectivity index (χ2n) is 4.25. The summed E-state index contributed by atoms with van der Waals surface area (Å²) < 4.78 is 38.4. The van der Waals surface area contributed by atoms with Crippen molar-refractivity contribution < 1.29 is 18.0 Å². The Bertz CT molecular complexity index is 444. The highest BCUT2D eigenvalue weighted by Gasteiger charge is 2.44. The van der Waals surface area contributed by atoms with Crippen LogP contribution in [0.5, 0.6) is 0 Å². The molecule has 1 amide bonds. The second kappa shape index (κ2) is 4.91. The van der Waals surface area contributed by atoms with Crippen molar-refractivity contribution in [3.8, 4) is 0 Å². The van der Waals surface area contributed by atoms with Crippen LogP contribution in [0.4, 0.5) is 18.9 Å². The van der Waals surface area contributed by atoms with E-state index in [1.807, 2.05) is 0 Å². The summed E-state index contributed by atoms with van der Waals surface area (Å²) in [6.45, 7) is 0.116. The summed E-state index contributed by atoms with van der Waals surface area (Å²) in [5, 5.41) is 0. The molecule has 2 rings (SSSR count). The normalized spacial score (nSPS) is 21.2. The van der Waals surface area contributed by atoms with Gasteiger partial charge in [0.05, 0.1) is 5.92 Å². The third-order valence-electron chi connectivity index (χ3n) is 3.02. The van der Waals surface area contributed by atoms with Crippen molar-refractivity contribution in [2.24, 2.45) is 5.92 Å². The summed E-state index contributed by atoms with van der Waals surface area (Å²) >= 11 is 3.27. The molecule has 6 heteroatoms. The number of hydrogen-bond acceptors (Lipinski definition) is 1. The lowest BCUT2D eigenvalue weighted by molar-refractivity contribution is -0.182. The average Bonchev–Trinajstić information content (AvgIpc) is 2.29. The molecule has 1 aromatic carbocycles. The average molecular weight is 322 g/mol. The summed E-state index contributed by atoms with van der Waals surface area (Å²) in [5.41, 5.74) is 0.642. The van der Waals surface area contributed by atoms with Crippen molar-refractivity contribution >= 4 is 27.5 Å². The van der Waals surface area contributed by atoms with E-state index in [0.29, 0.717) is 5.69 Å². The van der Waals surface area contributed by atoms with E-state index >= 15 is 0 Å². The number of piperidine rings is 1. The van der Waals surface area contributed by atoms with Crippen LogP contribution < -0.4 is 4.90 Å². The van der Waals surface area contributed by atoms with Crippen molar-refractivity contribution in [1.82, 2.24) is 0 Å². The van der Waals surface area contributed by atoms with Gasteiger partial charge in [0.25, 0.3) is 0 Å². The van der Waals surface area contributed by atoms with E-state index in [4.69, 9.17) is 0 Å². The van der Waals surface area contributed by atoms with Gasteiger partial charge in [-0.05, 0) is 30.7 Å². The number of halogens is 4. The minimum Gasteiger partial charge on any atom is -0.312 e. The highest BCUT2D eigenvalue weighted by atomic mass is 79.9. The molecule has 2 nitrogen and oxygen atoms in total. The molecule has 0 spiro atoms. The molecule has 1 aromatic rings. The van der Waals surface area contributed by atoms with Gasteiger partial charge in [-0.15, -0.1) is 0 Å². The summed E-state index contributed by atoms with van der Waals surface area (Å²) in [4.78, 5) is 13.2. The highest BCUT2D eigenvalue weighted by Crippen LogP contribution is 2.36. The fraction of sp³-hybridized carbons (Fsp3) is 0.417. The molecule has 1 heterocycles. The Hall–Kier alpha value is -1.04. The molecule has 0 aromatic heterocycles. The fourth-order valence-corrected chi connectivity index (χ4v) is 2.27. The third kappa shape index (κ3) is 2.85. The first-order chi connectivity index (χ1) is 8.38. The van der Waals surface area contributed by atoms with Crippen LogP contribution >= 0.6 is 15.9 Å². The molecule has 1 unspecified atom stereocenters. The number of alkyl halides is 3. The smallest absolute Gasteiger partial charge is 0.312 e. The zero-order chi connectivity index (χ0) is 13.3. The van der Waals surface area contributed by atoms with Crippen LogP contribution in [0.1, 0.15) is 12.8 Å². The predicted octanol–water partition coefficient (Wildman–Crippen LogP) is 3.75. The Morgan fingerprint density at radius 2 is 1.83 bits per heavy atom. The maximum Gasteiger partial charge on any atom is 0.392 e. The molecule has 18 heavy (non-hydrogen) atoms. The summed E-state index contributed by atoms with van der Waals surface area (Å²) in [5.74, 6) is -1.97. The largest absolute Gasteiger partial charge is 0.392 e. The molecule has 0 bridgehead atoms. The molecule has 0 aliphatic carbocycles. The predicted molar refractivity (Wildman–Crippen MR) is 65.3 cm³/mol. The van der Waals surface area contributed by atoms with Crippen LogP contribution in [0.3, 0.4) is 0 Å². The minimum atomic E-state index is -4.28. The Morgan fingerprint density at radius 1 is 1.22 bits per heavy atom. The molecule has 98 valence electrons. The van der Waals surface area contributed by atoms with Crippen molar-refractivity contribution in [2.75, 3.05) is 11.4 Å². The van der Waals surface area contributed by atoms with Crippen LogP contribution in [0.15, 0.2) is 28.7 Å². The first kappa shape index (κ1) is 13.4. The number of nitrogens with zero attached hydrogens (tertiary/aromatic N) is 1. The van der Waals surface area contributed by atoms with Gasteiger partial charge in [0.15, 0.2) is 0 Å². The molecule has 1 aliphatic rings. The van der Waals surface area contributed by atoms with Gasteiger partial charge in [0.2, 0.25) is 5.91 Å². The molecule has 1 saturated heterocycles. The number of carbonyl (C=O) groups is 1. The van der Waals surface area contributed by atoms with Crippen molar-refractivity contribution in [3.05, 3.63) is 28.7 Å². The standard InChI is InChI=1S/C12H11BrF3NO/c13-9-1-3-10(4-2-9)17-6-5-8(7-11(17)18)12(14,15)16/h1-4,8H,5-7H2. The van der Waals surface area contributed by atoms with Gasteiger partial charge in [0.1, 0.15) is 0 Å². The van der Waals surface area contributed by atoms with Crippen LogP contribution in [0, 0.1) is 5.92 Å². The van der Waals surface area contributed by atoms with E-state index in [1.54, 1.807) is 24.3 Å². The van der Waals surface area contributed by atoms with E-state index in [-0.39, 0.29) is 13.0 Å². The first-order valence-electron chi connectivity index (χ1n) is 5.50. The number of benzene rings is 1. The first-order valence-corrected chi connectivity index (χ1v) is 6.30. The van der Waals surface area contributed by atoms with Crippen molar-refractivity contribution in [2.45, 2.75) is 19.0 Å². The molecule has 0 radical (unpaired) electrons. The van der Waals surface area contributed by atoms with E-state index < -0.39 is 24.4 Å². The van der Waals surface area contributed by atoms with E-state index in [9.17, 15) is 18.0 Å². The maximum absolute atomic E-state index is 12.5. The molecular formula is C12H11BrF3NO. The zero-order valence-electron chi connectivity index (χ0n) is 9.38. The van der Waals surface area contributed by atoms with Gasteiger partial charge in [-0.1, -0.05) is 15.9 Å². The summed E-state index contributed by atoms with van der Waals surface area (Å²) in [6.07, 6.45) is -4.77. The maximum atomic E-state index is 12.5. The molecule has 1 fully saturated rings. The van der Waals surface area contributed by atoms with Gasteiger partial charge in [-0.25, -0.2) is 0 Å². The zero-order valence-corrected chi connectivity index (χ0v) is 11.0. The quantitative estimate of drug-likeness (QED) is 0.771. The highest BCUT2D eigenvalue weighted by molar-refractivity contribution is 9.10. The van der Waals surface area contributed by atoms with E-state index in [1.165, 1.54) is 4.90 Å². The SMILES string of the molecule is O=C1CC(C(F)(F)F)CCN1c1ccc(Br)cc1. The van der Waals surface area contributed by atoms with Crippen LogP contribution in [-0.2, 0) is 4.79 Å². The van der Waals surface area contributed by atoms with Crippen molar-refractivity contribution in [3.63, 3.8) is 0 Å².